The van der Waals surface area contributed by atoms with Gasteiger partial charge in [0.1, 0.15) is 12.4 Å². The molecule has 1 aromatic carbocycles. The van der Waals surface area contributed by atoms with Crippen molar-refractivity contribution in [2.75, 3.05) is 7.11 Å². The van der Waals surface area contributed by atoms with Gasteiger partial charge in [-0.25, -0.2) is 4.98 Å². The van der Waals surface area contributed by atoms with Crippen molar-refractivity contribution >= 4 is 17.3 Å². The molecule has 0 fully saturated rings. The normalized spacial score (nSPS) is 10.1. The SMILES string of the molecule is COc1ccc([N+](=O)[O-])cc1COc1cccnc1Cl. The van der Waals surface area contributed by atoms with Gasteiger partial charge >= 0.3 is 0 Å². The molecule has 2 rings (SSSR count). The van der Waals surface area contributed by atoms with Crippen LogP contribution in [0.25, 0.3) is 0 Å². The van der Waals surface area contributed by atoms with Crippen LogP contribution < -0.4 is 9.47 Å². The van der Waals surface area contributed by atoms with Crippen LogP contribution in [0.1, 0.15) is 5.56 Å². The van der Waals surface area contributed by atoms with Crippen molar-refractivity contribution in [1.82, 2.24) is 4.98 Å². The van der Waals surface area contributed by atoms with Gasteiger partial charge in [-0.1, -0.05) is 11.6 Å². The van der Waals surface area contributed by atoms with Gasteiger partial charge in [0.2, 0.25) is 0 Å². The van der Waals surface area contributed by atoms with Gasteiger partial charge in [-0.3, -0.25) is 10.1 Å². The number of methoxy groups -OCH3 is 1. The van der Waals surface area contributed by atoms with Crippen LogP contribution in [0.3, 0.4) is 0 Å². The van der Waals surface area contributed by atoms with Gasteiger partial charge in [-0.05, 0) is 18.2 Å². The Morgan fingerprint density at radius 1 is 1.35 bits per heavy atom. The topological polar surface area (TPSA) is 74.5 Å². The van der Waals surface area contributed by atoms with E-state index in [1.165, 1.54) is 25.3 Å². The van der Waals surface area contributed by atoms with Crippen LogP contribution in [0.4, 0.5) is 5.69 Å². The van der Waals surface area contributed by atoms with Crippen molar-refractivity contribution in [3.63, 3.8) is 0 Å². The van der Waals surface area contributed by atoms with Crippen molar-refractivity contribution in [2.45, 2.75) is 6.61 Å². The number of benzene rings is 1. The molecule has 7 heteroatoms. The van der Waals surface area contributed by atoms with Gasteiger partial charge in [0.15, 0.2) is 10.9 Å². The van der Waals surface area contributed by atoms with Gasteiger partial charge in [0.05, 0.1) is 12.0 Å². The molecule has 0 unspecified atom stereocenters. The molecule has 104 valence electrons. The Balaban J connectivity index is 2.22. The molecule has 6 nitrogen and oxygen atoms in total. The lowest BCUT2D eigenvalue weighted by Crippen LogP contribution is -2.01. The van der Waals surface area contributed by atoms with E-state index in [1.807, 2.05) is 0 Å². The van der Waals surface area contributed by atoms with Crippen LogP contribution in [-0.2, 0) is 6.61 Å². The highest BCUT2D eigenvalue weighted by Crippen LogP contribution is 2.27. The number of rotatable bonds is 5. The summed E-state index contributed by atoms with van der Waals surface area (Å²) in [7, 11) is 1.49. The van der Waals surface area contributed by atoms with Crippen molar-refractivity contribution in [2.24, 2.45) is 0 Å². The molecule has 0 radical (unpaired) electrons. The molecule has 0 N–H and O–H groups in total. The van der Waals surface area contributed by atoms with E-state index >= 15 is 0 Å². The monoisotopic (exact) mass is 294 g/mol. The van der Waals surface area contributed by atoms with E-state index in [-0.39, 0.29) is 17.4 Å². The molecule has 0 aliphatic rings. The second kappa shape index (κ2) is 6.21. The highest BCUT2D eigenvalue weighted by molar-refractivity contribution is 6.30. The summed E-state index contributed by atoms with van der Waals surface area (Å²) < 4.78 is 10.7. The lowest BCUT2D eigenvalue weighted by molar-refractivity contribution is -0.385. The number of halogens is 1. The molecular formula is C13H11ClN2O4. The minimum atomic E-state index is -0.472. The zero-order chi connectivity index (χ0) is 14.5. The Hall–Kier alpha value is -2.34. The molecule has 0 saturated heterocycles. The number of hydrogen-bond donors (Lipinski definition) is 0. The Kier molecular flexibility index (Phi) is 4.37. The predicted octanol–water partition coefficient (Wildman–Crippen LogP) is 3.23. The molecule has 0 amide bonds. The number of non-ortho nitro benzene ring substituents is 1. The summed E-state index contributed by atoms with van der Waals surface area (Å²) in [5.74, 6) is 0.915. The van der Waals surface area contributed by atoms with E-state index in [0.717, 1.165) is 0 Å². The lowest BCUT2D eigenvalue weighted by atomic mass is 10.2. The average molecular weight is 295 g/mol. The molecule has 1 aromatic heterocycles. The second-order valence-corrected chi connectivity index (χ2v) is 4.19. The lowest BCUT2D eigenvalue weighted by Gasteiger charge is -2.10. The molecule has 20 heavy (non-hydrogen) atoms. The van der Waals surface area contributed by atoms with E-state index in [0.29, 0.717) is 17.1 Å². The zero-order valence-corrected chi connectivity index (χ0v) is 11.3. The molecule has 0 saturated carbocycles. The van der Waals surface area contributed by atoms with Gasteiger partial charge < -0.3 is 9.47 Å². The summed E-state index contributed by atoms with van der Waals surface area (Å²) in [6.45, 7) is 0.0935. The van der Waals surface area contributed by atoms with E-state index in [9.17, 15) is 10.1 Å². The predicted molar refractivity (Wildman–Crippen MR) is 73.2 cm³/mol. The van der Waals surface area contributed by atoms with Gasteiger partial charge in [0, 0.05) is 23.9 Å². The third-order valence-corrected chi connectivity index (χ3v) is 2.87. The first-order valence-corrected chi connectivity index (χ1v) is 6.04. The van der Waals surface area contributed by atoms with Crippen LogP contribution >= 0.6 is 11.6 Å². The summed E-state index contributed by atoms with van der Waals surface area (Å²) in [4.78, 5) is 14.2. The maximum Gasteiger partial charge on any atom is 0.270 e. The summed E-state index contributed by atoms with van der Waals surface area (Å²) >= 11 is 5.87. The summed E-state index contributed by atoms with van der Waals surface area (Å²) in [5, 5.41) is 11.0. The molecular weight excluding hydrogens is 284 g/mol. The van der Waals surface area contributed by atoms with Crippen LogP contribution in [0, 0.1) is 10.1 Å². The van der Waals surface area contributed by atoms with E-state index in [2.05, 4.69) is 4.98 Å². The molecule has 2 aromatic rings. The van der Waals surface area contributed by atoms with E-state index in [4.69, 9.17) is 21.1 Å². The smallest absolute Gasteiger partial charge is 0.270 e. The third kappa shape index (κ3) is 3.16. The van der Waals surface area contributed by atoms with Crippen molar-refractivity contribution < 1.29 is 14.4 Å². The van der Waals surface area contributed by atoms with Gasteiger partial charge in [-0.2, -0.15) is 0 Å². The minimum absolute atomic E-state index is 0.0262. The number of nitro benzene ring substituents is 1. The Morgan fingerprint density at radius 2 is 2.15 bits per heavy atom. The highest BCUT2D eigenvalue weighted by atomic mass is 35.5. The molecule has 0 spiro atoms. The second-order valence-electron chi connectivity index (χ2n) is 3.83. The first kappa shape index (κ1) is 14.1. The van der Waals surface area contributed by atoms with Crippen LogP contribution in [0.5, 0.6) is 11.5 Å². The Bertz CT molecular complexity index is 634. The Labute approximate surface area is 120 Å². The highest BCUT2D eigenvalue weighted by Gasteiger charge is 2.12. The largest absolute Gasteiger partial charge is 0.496 e. The Morgan fingerprint density at radius 3 is 2.80 bits per heavy atom. The molecule has 0 atom stereocenters. The third-order valence-electron chi connectivity index (χ3n) is 2.58. The number of aromatic nitrogens is 1. The summed E-state index contributed by atoms with van der Waals surface area (Å²) in [6.07, 6.45) is 1.54. The maximum atomic E-state index is 10.8. The molecule has 1 heterocycles. The fourth-order valence-corrected chi connectivity index (χ4v) is 1.80. The average Bonchev–Trinajstić information content (AvgIpc) is 2.46. The summed E-state index contributed by atoms with van der Waals surface area (Å²) in [5.41, 5.74) is 0.531. The first-order valence-electron chi connectivity index (χ1n) is 5.66. The van der Waals surface area contributed by atoms with Crippen molar-refractivity contribution in [1.29, 1.82) is 0 Å². The molecule has 0 aliphatic carbocycles. The quantitative estimate of drug-likeness (QED) is 0.481. The van der Waals surface area contributed by atoms with Gasteiger partial charge in [0.25, 0.3) is 5.69 Å². The zero-order valence-electron chi connectivity index (χ0n) is 10.6. The standard InChI is InChI=1S/C13H11ClN2O4/c1-19-11-5-4-10(16(17)18)7-9(11)8-20-12-3-2-6-15-13(12)14/h2-7H,8H2,1H3. The fourth-order valence-electron chi connectivity index (χ4n) is 1.63. The number of pyridine rings is 1. The maximum absolute atomic E-state index is 10.8. The summed E-state index contributed by atoms with van der Waals surface area (Å²) in [6, 6.07) is 7.66. The molecule has 0 aliphatic heterocycles. The van der Waals surface area contributed by atoms with Gasteiger partial charge in [-0.15, -0.1) is 0 Å². The molecule has 0 bridgehead atoms. The van der Waals surface area contributed by atoms with Crippen LogP contribution in [-0.4, -0.2) is 17.0 Å². The minimum Gasteiger partial charge on any atom is -0.496 e. The van der Waals surface area contributed by atoms with Crippen molar-refractivity contribution in [3.05, 3.63) is 57.4 Å². The van der Waals surface area contributed by atoms with E-state index < -0.39 is 4.92 Å². The first-order chi connectivity index (χ1) is 9.61. The van der Waals surface area contributed by atoms with E-state index in [1.54, 1.807) is 18.3 Å². The number of nitro groups is 1. The number of ether oxygens (including phenoxy) is 2. The van der Waals surface area contributed by atoms with Crippen molar-refractivity contribution in [3.8, 4) is 11.5 Å². The van der Waals surface area contributed by atoms with Crippen LogP contribution in [0.2, 0.25) is 5.15 Å². The number of nitrogens with zero attached hydrogens (tertiary/aromatic N) is 2. The van der Waals surface area contributed by atoms with Crippen LogP contribution in [0.15, 0.2) is 36.5 Å². The fraction of sp³-hybridized carbons (Fsp3) is 0.154. The number of hydrogen-bond acceptors (Lipinski definition) is 5.